The summed E-state index contributed by atoms with van der Waals surface area (Å²) in [5.74, 6) is -0.680. The largest absolute Gasteiger partial charge is 0.481 e. The Labute approximate surface area is 85.7 Å². The maximum Gasteiger partial charge on any atom is 0.310 e. The second kappa shape index (κ2) is 3.54. The van der Waals surface area contributed by atoms with Crippen molar-refractivity contribution < 1.29 is 9.90 Å². The second-order valence-electron chi connectivity index (χ2n) is 5.49. The van der Waals surface area contributed by atoms with E-state index in [0.29, 0.717) is 6.42 Å². The summed E-state index contributed by atoms with van der Waals surface area (Å²) in [6.45, 7) is 6.00. The zero-order chi connectivity index (χ0) is 11.0. The number of nitrogens with two attached hydrogens (primary N) is 1. The Balaban J connectivity index is 2.98. The first-order chi connectivity index (χ1) is 6.29. The highest BCUT2D eigenvalue weighted by molar-refractivity contribution is 5.76. The number of carboxylic acids is 1. The van der Waals surface area contributed by atoms with E-state index >= 15 is 0 Å². The van der Waals surface area contributed by atoms with E-state index in [2.05, 4.69) is 0 Å². The molecule has 0 saturated heterocycles. The molecule has 0 aromatic carbocycles. The molecular weight excluding hydrogens is 178 g/mol. The average Bonchev–Trinajstić information content (AvgIpc) is 2.01. The Morgan fingerprint density at radius 1 is 1.50 bits per heavy atom. The molecule has 1 rings (SSSR count). The van der Waals surface area contributed by atoms with Crippen LogP contribution in [0.15, 0.2) is 0 Å². The minimum atomic E-state index is -0.680. The molecule has 3 nitrogen and oxygen atoms in total. The molecule has 0 spiro atoms. The summed E-state index contributed by atoms with van der Waals surface area (Å²) in [7, 11) is 0. The minimum Gasteiger partial charge on any atom is -0.481 e. The summed E-state index contributed by atoms with van der Waals surface area (Å²) < 4.78 is 0. The number of rotatable bonds is 1. The molecule has 1 aliphatic rings. The van der Waals surface area contributed by atoms with Gasteiger partial charge in [0.05, 0.1) is 5.41 Å². The van der Waals surface area contributed by atoms with Crippen LogP contribution in [0.1, 0.15) is 46.5 Å². The number of hydrogen-bond acceptors (Lipinski definition) is 2. The molecule has 3 N–H and O–H groups in total. The van der Waals surface area contributed by atoms with Crippen LogP contribution in [0.2, 0.25) is 0 Å². The molecule has 82 valence electrons. The molecule has 14 heavy (non-hydrogen) atoms. The molecule has 0 amide bonds. The Kier molecular flexibility index (Phi) is 2.91. The number of hydrogen-bond donors (Lipinski definition) is 2. The fraction of sp³-hybridized carbons (Fsp3) is 0.909. The average molecular weight is 199 g/mol. The van der Waals surface area contributed by atoms with Crippen LogP contribution < -0.4 is 5.73 Å². The molecule has 1 aliphatic carbocycles. The summed E-state index contributed by atoms with van der Waals surface area (Å²) in [5, 5.41) is 9.39. The Morgan fingerprint density at radius 2 is 2.07 bits per heavy atom. The SMILES string of the molecule is CC(C)(C)[C@@]1(C(=O)O)CCC[C@H](N)C1. The van der Waals surface area contributed by atoms with Crippen molar-refractivity contribution in [2.24, 2.45) is 16.6 Å². The van der Waals surface area contributed by atoms with Crippen molar-refractivity contribution in [3.63, 3.8) is 0 Å². The minimum absolute atomic E-state index is 0.0547. The lowest BCUT2D eigenvalue weighted by Gasteiger charge is -2.45. The highest BCUT2D eigenvalue weighted by Gasteiger charge is 2.50. The zero-order valence-corrected chi connectivity index (χ0v) is 9.34. The van der Waals surface area contributed by atoms with Gasteiger partial charge in [-0.15, -0.1) is 0 Å². The van der Waals surface area contributed by atoms with Crippen LogP contribution in [0.3, 0.4) is 0 Å². The van der Waals surface area contributed by atoms with Crippen LogP contribution in [-0.2, 0) is 4.79 Å². The number of carbonyl (C=O) groups is 1. The lowest BCUT2D eigenvalue weighted by atomic mass is 9.58. The monoisotopic (exact) mass is 199 g/mol. The van der Waals surface area contributed by atoms with Crippen molar-refractivity contribution in [1.82, 2.24) is 0 Å². The van der Waals surface area contributed by atoms with E-state index in [1.54, 1.807) is 0 Å². The van der Waals surface area contributed by atoms with Crippen LogP contribution in [0.25, 0.3) is 0 Å². The van der Waals surface area contributed by atoms with E-state index in [1.165, 1.54) is 0 Å². The Hall–Kier alpha value is -0.570. The second-order valence-corrected chi connectivity index (χ2v) is 5.49. The number of carboxylic acid groups (broad SMARTS) is 1. The van der Waals surface area contributed by atoms with Gasteiger partial charge in [0.2, 0.25) is 0 Å². The lowest BCUT2D eigenvalue weighted by Crippen LogP contribution is -2.49. The summed E-state index contributed by atoms with van der Waals surface area (Å²) in [5.41, 5.74) is 5.05. The van der Waals surface area contributed by atoms with Gasteiger partial charge in [-0.3, -0.25) is 4.79 Å². The fourth-order valence-electron chi connectivity index (χ4n) is 2.51. The normalized spacial score (nSPS) is 34.1. The van der Waals surface area contributed by atoms with Gasteiger partial charge in [0, 0.05) is 6.04 Å². The van der Waals surface area contributed by atoms with Crippen LogP contribution in [0, 0.1) is 10.8 Å². The summed E-state index contributed by atoms with van der Waals surface area (Å²) in [4.78, 5) is 11.4. The predicted octanol–water partition coefficient (Wildman–Crippen LogP) is 2.00. The molecule has 1 saturated carbocycles. The van der Waals surface area contributed by atoms with Crippen molar-refractivity contribution in [2.75, 3.05) is 0 Å². The van der Waals surface area contributed by atoms with E-state index in [4.69, 9.17) is 5.73 Å². The van der Waals surface area contributed by atoms with Crippen LogP contribution in [0.5, 0.6) is 0 Å². The molecule has 0 bridgehead atoms. The first-order valence-corrected chi connectivity index (χ1v) is 5.28. The van der Waals surface area contributed by atoms with E-state index in [1.807, 2.05) is 20.8 Å². The van der Waals surface area contributed by atoms with Crippen molar-refractivity contribution >= 4 is 5.97 Å². The lowest BCUT2D eigenvalue weighted by molar-refractivity contribution is -0.160. The van der Waals surface area contributed by atoms with Gasteiger partial charge in [-0.2, -0.15) is 0 Å². The molecule has 2 atom stereocenters. The van der Waals surface area contributed by atoms with Crippen LogP contribution in [-0.4, -0.2) is 17.1 Å². The first-order valence-electron chi connectivity index (χ1n) is 5.28. The fourth-order valence-corrected chi connectivity index (χ4v) is 2.51. The summed E-state index contributed by atoms with van der Waals surface area (Å²) in [6.07, 6.45) is 3.28. The molecule has 3 heteroatoms. The highest BCUT2D eigenvalue weighted by atomic mass is 16.4. The van der Waals surface area contributed by atoms with E-state index in [0.717, 1.165) is 19.3 Å². The van der Waals surface area contributed by atoms with Gasteiger partial charge in [-0.05, 0) is 24.7 Å². The summed E-state index contributed by atoms with van der Waals surface area (Å²) in [6, 6.07) is 0.0547. The standard InChI is InChI=1S/C11H21NO2/c1-10(2,3)11(9(13)14)6-4-5-8(12)7-11/h8H,4-7,12H2,1-3H3,(H,13,14)/t8-,11-/m0/s1. The van der Waals surface area contributed by atoms with Crippen LogP contribution >= 0.6 is 0 Å². The molecule has 0 radical (unpaired) electrons. The summed E-state index contributed by atoms with van der Waals surface area (Å²) >= 11 is 0. The molecule has 0 unspecified atom stereocenters. The van der Waals surface area contributed by atoms with Gasteiger partial charge >= 0.3 is 5.97 Å². The smallest absolute Gasteiger partial charge is 0.310 e. The maximum absolute atomic E-state index is 11.4. The van der Waals surface area contributed by atoms with Crippen molar-refractivity contribution in [1.29, 1.82) is 0 Å². The molecule has 1 fully saturated rings. The first kappa shape index (κ1) is 11.5. The zero-order valence-electron chi connectivity index (χ0n) is 9.34. The van der Waals surface area contributed by atoms with Crippen LogP contribution in [0.4, 0.5) is 0 Å². The van der Waals surface area contributed by atoms with Crippen molar-refractivity contribution in [3.8, 4) is 0 Å². The maximum atomic E-state index is 11.4. The highest BCUT2D eigenvalue weighted by Crippen LogP contribution is 2.49. The molecule has 0 aliphatic heterocycles. The van der Waals surface area contributed by atoms with Gasteiger partial charge in [0.15, 0.2) is 0 Å². The van der Waals surface area contributed by atoms with E-state index in [-0.39, 0.29) is 11.5 Å². The molecule has 0 aromatic rings. The van der Waals surface area contributed by atoms with Crippen molar-refractivity contribution in [2.45, 2.75) is 52.5 Å². The third kappa shape index (κ3) is 1.78. The third-order valence-corrected chi connectivity index (χ3v) is 3.63. The Morgan fingerprint density at radius 3 is 2.36 bits per heavy atom. The van der Waals surface area contributed by atoms with Gasteiger partial charge in [-0.25, -0.2) is 0 Å². The van der Waals surface area contributed by atoms with Gasteiger partial charge in [0.25, 0.3) is 0 Å². The predicted molar refractivity (Wildman–Crippen MR) is 56.0 cm³/mol. The van der Waals surface area contributed by atoms with E-state index < -0.39 is 11.4 Å². The van der Waals surface area contributed by atoms with Gasteiger partial charge in [-0.1, -0.05) is 27.2 Å². The van der Waals surface area contributed by atoms with E-state index in [9.17, 15) is 9.90 Å². The quantitative estimate of drug-likeness (QED) is 0.679. The number of aliphatic carboxylic acids is 1. The molecular formula is C11H21NO2. The molecule has 0 heterocycles. The third-order valence-electron chi connectivity index (χ3n) is 3.63. The van der Waals surface area contributed by atoms with Gasteiger partial charge in [0.1, 0.15) is 0 Å². The van der Waals surface area contributed by atoms with Gasteiger partial charge < -0.3 is 10.8 Å². The Bertz CT molecular complexity index is 232. The molecule has 0 aromatic heterocycles. The van der Waals surface area contributed by atoms with Crippen molar-refractivity contribution in [3.05, 3.63) is 0 Å². The topological polar surface area (TPSA) is 63.3 Å².